The summed E-state index contributed by atoms with van der Waals surface area (Å²) in [5.74, 6) is 0. The Hall–Kier alpha value is -0.530. The monoisotopic (exact) mass is 154 g/mol. The minimum atomic E-state index is 0.488. The Kier molecular flexibility index (Phi) is 2.53. The van der Waals surface area contributed by atoms with E-state index in [0.29, 0.717) is 5.41 Å². The van der Waals surface area contributed by atoms with Crippen molar-refractivity contribution in [2.75, 3.05) is 13.2 Å². The van der Waals surface area contributed by atoms with Crippen molar-refractivity contribution in [3.63, 3.8) is 0 Å². The highest BCUT2D eigenvalue weighted by Gasteiger charge is 2.11. The van der Waals surface area contributed by atoms with E-state index in [4.69, 9.17) is 0 Å². The molecule has 2 nitrogen and oxygen atoms in total. The van der Waals surface area contributed by atoms with E-state index in [9.17, 15) is 0 Å². The van der Waals surface area contributed by atoms with Crippen molar-refractivity contribution in [3.8, 4) is 0 Å². The van der Waals surface area contributed by atoms with Crippen LogP contribution in [0.3, 0.4) is 0 Å². The van der Waals surface area contributed by atoms with Crippen LogP contribution in [-0.2, 0) is 0 Å². The molecule has 2 heteroatoms. The molecule has 1 aliphatic heterocycles. The van der Waals surface area contributed by atoms with Gasteiger partial charge < -0.3 is 4.90 Å². The van der Waals surface area contributed by atoms with E-state index >= 15 is 0 Å². The highest BCUT2D eigenvalue weighted by molar-refractivity contribution is 5.59. The fraction of sp³-hybridized carbons (Fsp3) is 0.889. The molecule has 0 atom stereocenters. The van der Waals surface area contributed by atoms with Crippen molar-refractivity contribution >= 4 is 6.34 Å². The number of hydrogen-bond donors (Lipinski definition) is 0. The summed E-state index contributed by atoms with van der Waals surface area (Å²) in [7, 11) is 0. The zero-order valence-electron chi connectivity index (χ0n) is 7.80. The molecule has 0 aromatic rings. The van der Waals surface area contributed by atoms with Gasteiger partial charge >= 0.3 is 0 Å². The van der Waals surface area contributed by atoms with Crippen LogP contribution in [0, 0.1) is 5.41 Å². The molecule has 0 amide bonds. The molecule has 0 unspecified atom stereocenters. The van der Waals surface area contributed by atoms with Crippen LogP contribution < -0.4 is 0 Å². The molecule has 0 aromatic carbocycles. The van der Waals surface area contributed by atoms with Gasteiger partial charge in [0, 0.05) is 6.54 Å². The van der Waals surface area contributed by atoms with E-state index in [2.05, 4.69) is 30.7 Å². The van der Waals surface area contributed by atoms with Gasteiger partial charge in [-0.05, 0) is 18.3 Å². The molecule has 64 valence electrons. The van der Waals surface area contributed by atoms with Crippen molar-refractivity contribution in [1.29, 1.82) is 0 Å². The van der Waals surface area contributed by atoms with Gasteiger partial charge in [-0.1, -0.05) is 20.8 Å². The van der Waals surface area contributed by atoms with Crippen molar-refractivity contribution in [3.05, 3.63) is 0 Å². The molecule has 0 N–H and O–H groups in total. The Bertz CT molecular complexity index is 144. The first-order chi connectivity index (χ1) is 5.08. The quantitative estimate of drug-likeness (QED) is 0.608. The maximum Gasteiger partial charge on any atom is 0.112 e. The first kappa shape index (κ1) is 8.57. The fourth-order valence-electron chi connectivity index (χ4n) is 1.14. The van der Waals surface area contributed by atoms with Crippen LogP contribution in [0.4, 0.5) is 0 Å². The van der Waals surface area contributed by atoms with Gasteiger partial charge in [0.25, 0.3) is 0 Å². The maximum absolute atomic E-state index is 4.01. The van der Waals surface area contributed by atoms with Crippen molar-refractivity contribution in [1.82, 2.24) is 4.90 Å². The van der Waals surface area contributed by atoms with E-state index in [1.165, 1.54) is 19.4 Å². The molecule has 1 heterocycles. The number of hydrogen-bond acceptors (Lipinski definition) is 2. The molecule has 0 saturated heterocycles. The second-order valence-electron chi connectivity index (χ2n) is 4.42. The lowest BCUT2D eigenvalue weighted by atomic mass is 9.90. The Labute approximate surface area is 69.3 Å². The third-order valence-corrected chi connectivity index (χ3v) is 1.88. The normalized spacial score (nSPS) is 16.8. The Balaban J connectivity index is 2.00. The third-order valence-electron chi connectivity index (χ3n) is 1.88. The minimum absolute atomic E-state index is 0.488. The zero-order valence-corrected chi connectivity index (χ0v) is 7.80. The van der Waals surface area contributed by atoms with E-state index in [1.54, 1.807) is 0 Å². The largest absolute Gasteiger partial charge is 0.343 e. The van der Waals surface area contributed by atoms with Gasteiger partial charge in [0.05, 0.1) is 6.34 Å². The average Bonchev–Trinajstić information content (AvgIpc) is 1.73. The summed E-state index contributed by atoms with van der Waals surface area (Å²) >= 11 is 0. The summed E-state index contributed by atoms with van der Waals surface area (Å²) in [5.41, 5.74) is 0.488. The molecule has 0 aliphatic carbocycles. The lowest BCUT2D eigenvalue weighted by molar-refractivity contribution is 0.319. The van der Waals surface area contributed by atoms with Gasteiger partial charge in [0.2, 0.25) is 0 Å². The first-order valence-corrected chi connectivity index (χ1v) is 4.32. The lowest BCUT2D eigenvalue weighted by Gasteiger charge is -2.25. The van der Waals surface area contributed by atoms with E-state index < -0.39 is 0 Å². The van der Waals surface area contributed by atoms with E-state index in [1.807, 2.05) is 6.34 Å². The molecule has 0 spiro atoms. The van der Waals surface area contributed by atoms with Crippen LogP contribution >= 0.6 is 0 Å². The van der Waals surface area contributed by atoms with Gasteiger partial charge in [-0.15, -0.1) is 0 Å². The maximum atomic E-state index is 4.01. The van der Waals surface area contributed by atoms with Crippen LogP contribution in [0.25, 0.3) is 0 Å². The Morgan fingerprint density at radius 3 is 2.45 bits per heavy atom. The first-order valence-electron chi connectivity index (χ1n) is 4.32. The molecule has 0 radical (unpaired) electrons. The van der Waals surface area contributed by atoms with Crippen molar-refractivity contribution < 1.29 is 0 Å². The van der Waals surface area contributed by atoms with Gasteiger partial charge in [0.1, 0.15) is 6.67 Å². The zero-order chi connectivity index (χ0) is 8.32. The number of aliphatic imine (C=N–C) groups is 1. The van der Waals surface area contributed by atoms with E-state index in [0.717, 1.165) is 6.67 Å². The summed E-state index contributed by atoms with van der Waals surface area (Å²) in [5, 5.41) is 0. The molecule has 0 bridgehead atoms. The van der Waals surface area contributed by atoms with Crippen LogP contribution in [0.15, 0.2) is 4.99 Å². The number of nitrogens with zero attached hydrogens (tertiary/aromatic N) is 2. The molecular formula is C9H18N2. The van der Waals surface area contributed by atoms with Gasteiger partial charge in [-0.2, -0.15) is 0 Å². The molecule has 0 fully saturated rings. The SMILES string of the molecule is CC(C)(C)CCCN1C=NC1. The van der Waals surface area contributed by atoms with E-state index in [-0.39, 0.29) is 0 Å². The summed E-state index contributed by atoms with van der Waals surface area (Å²) in [6.07, 6.45) is 4.52. The van der Waals surface area contributed by atoms with Crippen LogP contribution in [0.5, 0.6) is 0 Å². The fourth-order valence-corrected chi connectivity index (χ4v) is 1.14. The number of rotatable bonds is 3. The van der Waals surface area contributed by atoms with Crippen molar-refractivity contribution in [2.45, 2.75) is 33.6 Å². The highest BCUT2D eigenvalue weighted by atomic mass is 15.3. The third kappa shape index (κ3) is 3.40. The minimum Gasteiger partial charge on any atom is -0.343 e. The molecule has 1 aliphatic rings. The van der Waals surface area contributed by atoms with Gasteiger partial charge in [-0.3, -0.25) is 4.99 Å². The molecule has 1 rings (SSSR count). The molecule has 0 saturated carbocycles. The van der Waals surface area contributed by atoms with Crippen LogP contribution in [0.2, 0.25) is 0 Å². The molecule has 0 aromatic heterocycles. The van der Waals surface area contributed by atoms with Gasteiger partial charge in [-0.25, -0.2) is 0 Å². The smallest absolute Gasteiger partial charge is 0.112 e. The second kappa shape index (κ2) is 3.24. The van der Waals surface area contributed by atoms with Crippen LogP contribution in [-0.4, -0.2) is 24.5 Å². The highest BCUT2D eigenvalue weighted by Crippen LogP contribution is 2.20. The molecular weight excluding hydrogens is 136 g/mol. The average molecular weight is 154 g/mol. The summed E-state index contributed by atoms with van der Waals surface area (Å²) < 4.78 is 0. The second-order valence-corrected chi connectivity index (χ2v) is 4.42. The lowest BCUT2D eigenvalue weighted by Crippen LogP contribution is -2.31. The predicted molar refractivity (Wildman–Crippen MR) is 48.8 cm³/mol. The molecule has 11 heavy (non-hydrogen) atoms. The van der Waals surface area contributed by atoms with Gasteiger partial charge in [0.15, 0.2) is 0 Å². The van der Waals surface area contributed by atoms with Crippen LogP contribution in [0.1, 0.15) is 33.6 Å². The summed E-state index contributed by atoms with van der Waals surface area (Å²) in [4.78, 5) is 6.27. The standard InChI is InChI=1S/C9H18N2/c1-9(2,3)5-4-6-11-7-10-8-11/h7H,4-6,8H2,1-3H3. The van der Waals surface area contributed by atoms with Crippen molar-refractivity contribution in [2.24, 2.45) is 10.4 Å². The predicted octanol–water partition coefficient (Wildman–Crippen LogP) is 2.11. The Morgan fingerprint density at radius 1 is 1.45 bits per heavy atom. The topological polar surface area (TPSA) is 15.6 Å². The Morgan fingerprint density at radius 2 is 2.09 bits per heavy atom. The summed E-state index contributed by atoms with van der Waals surface area (Å²) in [6.45, 7) is 8.97. The summed E-state index contributed by atoms with van der Waals surface area (Å²) in [6, 6.07) is 0.